The molecule has 0 unspecified atom stereocenters. The number of anilines is 1. The van der Waals surface area contributed by atoms with Crippen LogP contribution in [0.2, 0.25) is 0 Å². The van der Waals surface area contributed by atoms with E-state index in [0.29, 0.717) is 42.8 Å². The summed E-state index contributed by atoms with van der Waals surface area (Å²) < 4.78 is 13.3. The Hall–Kier alpha value is -4.27. The lowest BCUT2D eigenvalue weighted by Crippen LogP contribution is -2.51. The molecule has 0 N–H and O–H groups in total. The Bertz CT molecular complexity index is 1460. The molecule has 9 nitrogen and oxygen atoms in total. The van der Waals surface area contributed by atoms with Crippen LogP contribution in [0, 0.1) is 0 Å². The number of ether oxygens (including phenoxy) is 1. The molecule has 1 saturated heterocycles. The maximum absolute atomic E-state index is 13.3. The van der Waals surface area contributed by atoms with Crippen molar-refractivity contribution < 1.29 is 13.9 Å². The van der Waals surface area contributed by atoms with Crippen molar-refractivity contribution in [1.29, 1.82) is 0 Å². The summed E-state index contributed by atoms with van der Waals surface area (Å²) in [6.45, 7) is 2.21. The summed E-state index contributed by atoms with van der Waals surface area (Å²) in [5, 5.41) is 0.382. The van der Waals surface area contributed by atoms with E-state index in [-0.39, 0.29) is 19.0 Å². The highest BCUT2D eigenvalue weighted by atomic mass is 16.5. The Morgan fingerprint density at radius 2 is 1.66 bits per heavy atom. The number of benzene rings is 2. The van der Waals surface area contributed by atoms with Gasteiger partial charge in [0.15, 0.2) is 0 Å². The maximum Gasteiger partial charge on any atom is 0.332 e. The van der Waals surface area contributed by atoms with E-state index in [9.17, 15) is 14.4 Å². The van der Waals surface area contributed by atoms with E-state index < -0.39 is 11.2 Å². The molecule has 2 aromatic heterocycles. The Morgan fingerprint density at radius 3 is 2.40 bits per heavy atom. The van der Waals surface area contributed by atoms with Crippen LogP contribution in [0.25, 0.3) is 10.9 Å². The van der Waals surface area contributed by atoms with Gasteiger partial charge >= 0.3 is 5.69 Å². The molecule has 0 spiro atoms. The average molecular weight is 475 g/mol. The van der Waals surface area contributed by atoms with Gasteiger partial charge < -0.3 is 19.0 Å². The van der Waals surface area contributed by atoms with E-state index in [2.05, 4.69) is 4.90 Å². The highest BCUT2D eigenvalue weighted by molar-refractivity contribution is 5.82. The number of aromatic nitrogens is 2. The smallest absolute Gasteiger partial charge is 0.332 e. The summed E-state index contributed by atoms with van der Waals surface area (Å²) in [6, 6.07) is 18.1. The van der Waals surface area contributed by atoms with Crippen molar-refractivity contribution >= 4 is 22.5 Å². The fourth-order valence-corrected chi connectivity index (χ4v) is 4.54. The van der Waals surface area contributed by atoms with Crippen LogP contribution in [0.15, 0.2) is 80.9 Å². The standard InChI is InChI=1S/C26H26N4O5/c1-34-23-11-5-4-10-22(23)27-12-14-28(15-13-27)24(31)18-29-21-9-3-2-8-20(21)25(32)30(26(29)33)17-19-7-6-16-35-19/h2-11,16H,12-15,17-18H2,1H3. The minimum atomic E-state index is -0.536. The van der Waals surface area contributed by atoms with Crippen molar-refractivity contribution in [2.45, 2.75) is 13.1 Å². The van der Waals surface area contributed by atoms with Gasteiger partial charge in [0.25, 0.3) is 5.56 Å². The third kappa shape index (κ3) is 4.32. The van der Waals surface area contributed by atoms with Crippen LogP contribution in [0.5, 0.6) is 5.75 Å². The van der Waals surface area contributed by atoms with Crippen LogP contribution in [-0.4, -0.2) is 53.2 Å². The van der Waals surface area contributed by atoms with Gasteiger partial charge in [0, 0.05) is 26.2 Å². The fraction of sp³-hybridized carbons (Fsp3) is 0.269. The molecule has 1 aliphatic rings. The van der Waals surface area contributed by atoms with E-state index in [0.717, 1.165) is 16.0 Å². The van der Waals surface area contributed by atoms with Crippen LogP contribution < -0.4 is 20.9 Å². The van der Waals surface area contributed by atoms with Crippen LogP contribution in [-0.2, 0) is 17.9 Å². The molecule has 180 valence electrons. The molecular weight excluding hydrogens is 448 g/mol. The van der Waals surface area contributed by atoms with Crippen LogP contribution in [0.1, 0.15) is 5.76 Å². The zero-order chi connectivity index (χ0) is 24.4. The van der Waals surface area contributed by atoms with Crippen LogP contribution in [0.3, 0.4) is 0 Å². The summed E-state index contributed by atoms with van der Waals surface area (Å²) in [5.41, 5.74) is 0.496. The predicted octanol–water partition coefficient (Wildman–Crippen LogP) is 2.16. The number of nitrogens with zero attached hydrogens (tertiary/aromatic N) is 4. The second-order valence-corrected chi connectivity index (χ2v) is 8.40. The molecule has 2 aromatic carbocycles. The van der Waals surface area contributed by atoms with E-state index in [1.165, 1.54) is 10.8 Å². The van der Waals surface area contributed by atoms with Gasteiger partial charge in [-0.3, -0.25) is 18.7 Å². The van der Waals surface area contributed by atoms with Crippen molar-refractivity contribution in [2.24, 2.45) is 0 Å². The van der Waals surface area contributed by atoms with Gasteiger partial charge in [-0.05, 0) is 36.4 Å². The number of fused-ring (bicyclic) bond motifs is 1. The quantitative estimate of drug-likeness (QED) is 0.426. The van der Waals surface area contributed by atoms with Crippen LogP contribution in [0.4, 0.5) is 5.69 Å². The molecule has 3 heterocycles. The molecule has 35 heavy (non-hydrogen) atoms. The minimum absolute atomic E-state index is 0.00126. The molecule has 0 saturated carbocycles. The first-order valence-electron chi connectivity index (χ1n) is 11.5. The zero-order valence-electron chi connectivity index (χ0n) is 19.4. The first kappa shape index (κ1) is 22.5. The number of furan rings is 1. The number of para-hydroxylation sites is 3. The minimum Gasteiger partial charge on any atom is -0.495 e. The first-order chi connectivity index (χ1) is 17.1. The monoisotopic (exact) mass is 474 g/mol. The first-order valence-corrected chi connectivity index (χ1v) is 11.5. The van der Waals surface area contributed by atoms with Crippen LogP contribution >= 0.6 is 0 Å². The summed E-state index contributed by atoms with van der Waals surface area (Å²) in [6.07, 6.45) is 1.49. The van der Waals surface area contributed by atoms with E-state index in [1.807, 2.05) is 24.3 Å². The highest BCUT2D eigenvalue weighted by Gasteiger charge is 2.24. The Labute approximate surface area is 201 Å². The van der Waals surface area contributed by atoms with Gasteiger partial charge in [0.1, 0.15) is 18.1 Å². The Balaban J connectivity index is 1.39. The Morgan fingerprint density at radius 1 is 0.914 bits per heavy atom. The third-order valence-electron chi connectivity index (χ3n) is 6.38. The molecule has 4 aromatic rings. The fourth-order valence-electron chi connectivity index (χ4n) is 4.54. The summed E-state index contributed by atoms with van der Waals surface area (Å²) in [4.78, 5) is 43.6. The van der Waals surface area contributed by atoms with Crippen molar-refractivity contribution in [2.75, 3.05) is 38.2 Å². The number of methoxy groups -OCH3 is 1. The van der Waals surface area contributed by atoms with Gasteiger partial charge in [0.2, 0.25) is 5.91 Å². The topological polar surface area (TPSA) is 89.9 Å². The molecule has 5 rings (SSSR count). The second kappa shape index (κ2) is 9.54. The van der Waals surface area contributed by atoms with Gasteiger partial charge in [-0.1, -0.05) is 24.3 Å². The number of amides is 1. The van der Waals surface area contributed by atoms with Gasteiger partial charge in [-0.25, -0.2) is 4.79 Å². The lowest BCUT2D eigenvalue weighted by Gasteiger charge is -2.36. The number of carbonyl (C=O) groups excluding carboxylic acids is 1. The van der Waals surface area contributed by atoms with E-state index in [4.69, 9.17) is 9.15 Å². The molecule has 0 atom stereocenters. The Kier molecular flexibility index (Phi) is 6.13. The normalized spacial score (nSPS) is 13.9. The summed E-state index contributed by atoms with van der Waals surface area (Å²) in [5.74, 6) is 1.12. The van der Waals surface area contributed by atoms with Gasteiger partial charge in [0.05, 0.1) is 36.5 Å². The largest absolute Gasteiger partial charge is 0.495 e. The number of rotatable bonds is 6. The lowest BCUT2D eigenvalue weighted by molar-refractivity contribution is -0.132. The molecule has 9 heteroatoms. The summed E-state index contributed by atoms with van der Waals surface area (Å²) >= 11 is 0. The van der Waals surface area contributed by atoms with Gasteiger partial charge in [-0.15, -0.1) is 0 Å². The van der Waals surface area contributed by atoms with E-state index in [1.54, 1.807) is 48.4 Å². The molecule has 1 amide bonds. The molecule has 0 radical (unpaired) electrons. The average Bonchev–Trinajstić information content (AvgIpc) is 3.42. The second-order valence-electron chi connectivity index (χ2n) is 8.40. The number of hydrogen-bond acceptors (Lipinski definition) is 6. The zero-order valence-corrected chi connectivity index (χ0v) is 19.4. The molecule has 1 fully saturated rings. The molecule has 1 aliphatic heterocycles. The van der Waals surface area contributed by atoms with Crippen molar-refractivity contribution in [1.82, 2.24) is 14.0 Å². The summed E-state index contributed by atoms with van der Waals surface area (Å²) in [7, 11) is 1.64. The predicted molar refractivity (Wildman–Crippen MR) is 132 cm³/mol. The van der Waals surface area contributed by atoms with Crippen molar-refractivity contribution in [3.05, 3.63) is 93.5 Å². The SMILES string of the molecule is COc1ccccc1N1CCN(C(=O)Cn2c(=O)n(Cc3ccco3)c(=O)c3ccccc32)CC1. The molecule has 0 aliphatic carbocycles. The highest BCUT2D eigenvalue weighted by Crippen LogP contribution is 2.28. The van der Waals surface area contributed by atoms with Gasteiger partial charge in [-0.2, -0.15) is 0 Å². The van der Waals surface area contributed by atoms with Crippen molar-refractivity contribution in [3.8, 4) is 5.75 Å². The number of hydrogen-bond donors (Lipinski definition) is 0. The molecular formula is C26H26N4O5. The molecule has 0 bridgehead atoms. The number of carbonyl (C=O) groups is 1. The third-order valence-corrected chi connectivity index (χ3v) is 6.38. The lowest BCUT2D eigenvalue weighted by atomic mass is 10.2. The number of piperazine rings is 1. The van der Waals surface area contributed by atoms with Crippen molar-refractivity contribution in [3.63, 3.8) is 0 Å². The van der Waals surface area contributed by atoms with E-state index >= 15 is 0 Å². The maximum atomic E-state index is 13.3.